The minimum absolute atomic E-state index is 0.260. The van der Waals surface area contributed by atoms with Crippen molar-refractivity contribution in [3.8, 4) is 0 Å². The summed E-state index contributed by atoms with van der Waals surface area (Å²) in [6.07, 6.45) is 0. The molecule has 0 aliphatic heterocycles. The predicted molar refractivity (Wildman–Crippen MR) is 59.5 cm³/mol. The van der Waals surface area contributed by atoms with Crippen molar-refractivity contribution >= 4 is 17.1 Å². The third-order valence-corrected chi connectivity index (χ3v) is 2.58. The third kappa shape index (κ3) is 1.66. The lowest BCUT2D eigenvalue weighted by Crippen LogP contribution is -2.07. The highest BCUT2D eigenvalue weighted by molar-refractivity contribution is 5.79. The molecule has 1 atom stereocenters. The Balaban J connectivity index is 2.60. The molecule has 1 aromatic heterocycles. The summed E-state index contributed by atoms with van der Waals surface area (Å²) in [5.74, 6) is -1.38. The summed E-state index contributed by atoms with van der Waals surface area (Å²) in [5.41, 5.74) is 3.47. The number of hydrogen-bond donors (Lipinski definition) is 1. The summed E-state index contributed by atoms with van der Waals surface area (Å²) in [6, 6.07) is 3.88. The van der Waals surface area contributed by atoms with Crippen LogP contribution in [0.1, 0.15) is 29.9 Å². The average Bonchev–Trinajstić information content (AvgIpc) is 2.60. The van der Waals surface area contributed by atoms with Crippen LogP contribution in [0.5, 0.6) is 0 Å². The van der Waals surface area contributed by atoms with E-state index in [9.17, 15) is 4.79 Å². The first-order chi connectivity index (χ1) is 7.49. The zero-order valence-corrected chi connectivity index (χ0v) is 9.44. The molecule has 0 amide bonds. The number of carboxylic acid groups (broad SMARTS) is 1. The van der Waals surface area contributed by atoms with Gasteiger partial charge >= 0.3 is 5.97 Å². The van der Waals surface area contributed by atoms with Gasteiger partial charge < -0.3 is 9.52 Å². The number of nitrogens with zero attached hydrogens (tertiary/aromatic N) is 1. The standard InChI is InChI=1S/C12H13NO3/c1-6-4-7(2)10-9(5-6)13-11(16-10)8(3)12(14)15/h4-5,8H,1-3H3,(H,14,15). The monoisotopic (exact) mass is 219 g/mol. The molecule has 0 saturated carbocycles. The van der Waals surface area contributed by atoms with Crippen LogP contribution in [0.15, 0.2) is 16.5 Å². The molecule has 0 saturated heterocycles. The van der Waals surface area contributed by atoms with Gasteiger partial charge in [0.1, 0.15) is 11.4 Å². The average molecular weight is 219 g/mol. The molecule has 1 aromatic carbocycles. The molecule has 16 heavy (non-hydrogen) atoms. The van der Waals surface area contributed by atoms with Gasteiger partial charge in [-0.2, -0.15) is 0 Å². The summed E-state index contributed by atoms with van der Waals surface area (Å²) < 4.78 is 5.48. The van der Waals surface area contributed by atoms with Crippen LogP contribution in [0.25, 0.3) is 11.1 Å². The van der Waals surface area contributed by atoms with E-state index in [1.165, 1.54) is 0 Å². The molecule has 1 N–H and O–H groups in total. The molecule has 1 unspecified atom stereocenters. The summed E-state index contributed by atoms with van der Waals surface area (Å²) in [4.78, 5) is 15.0. The number of aromatic nitrogens is 1. The number of rotatable bonds is 2. The first-order valence-electron chi connectivity index (χ1n) is 5.09. The van der Waals surface area contributed by atoms with Crippen molar-refractivity contribution in [2.45, 2.75) is 26.7 Å². The molecule has 84 valence electrons. The lowest BCUT2D eigenvalue weighted by atomic mass is 10.1. The lowest BCUT2D eigenvalue weighted by molar-refractivity contribution is -0.138. The molecule has 0 aliphatic carbocycles. The van der Waals surface area contributed by atoms with Crippen molar-refractivity contribution in [2.24, 2.45) is 0 Å². The van der Waals surface area contributed by atoms with Gasteiger partial charge in [0, 0.05) is 0 Å². The van der Waals surface area contributed by atoms with E-state index in [4.69, 9.17) is 9.52 Å². The van der Waals surface area contributed by atoms with Crippen LogP contribution in [0.3, 0.4) is 0 Å². The number of fused-ring (bicyclic) bond motifs is 1. The van der Waals surface area contributed by atoms with Crippen LogP contribution in [0, 0.1) is 13.8 Å². The highest BCUT2D eigenvalue weighted by atomic mass is 16.4. The van der Waals surface area contributed by atoms with E-state index in [0.29, 0.717) is 5.58 Å². The smallest absolute Gasteiger partial charge is 0.315 e. The predicted octanol–water partition coefficient (Wildman–Crippen LogP) is 2.63. The van der Waals surface area contributed by atoms with Gasteiger partial charge in [0.05, 0.1) is 0 Å². The van der Waals surface area contributed by atoms with Gasteiger partial charge in [0.15, 0.2) is 5.58 Å². The van der Waals surface area contributed by atoms with Gasteiger partial charge in [0.25, 0.3) is 0 Å². The third-order valence-electron chi connectivity index (χ3n) is 2.58. The fourth-order valence-electron chi connectivity index (χ4n) is 1.68. The Kier molecular flexibility index (Phi) is 2.42. The van der Waals surface area contributed by atoms with Gasteiger partial charge in [-0.3, -0.25) is 4.79 Å². The Morgan fingerprint density at radius 1 is 1.44 bits per heavy atom. The highest BCUT2D eigenvalue weighted by Gasteiger charge is 2.20. The summed E-state index contributed by atoms with van der Waals surface area (Å²) in [7, 11) is 0. The Bertz CT molecular complexity index is 557. The van der Waals surface area contributed by atoms with E-state index >= 15 is 0 Å². The second-order valence-electron chi connectivity index (χ2n) is 4.04. The topological polar surface area (TPSA) is 63.3 Å². The van der Waals surface area contributed by atoms with Gasteiger partial charge in [-0.15, -0.1) is 0 Å². The molecular weight excluding hydrogens is 206 g/mol. The summed E-state index contributed by atoms with van der Waals surface area (Å²) in [6.45, 7) is 5.46. The number of carboxylic acids is 1. The first-order valence-corrected chi connectivity index (χ1v) is 5.09. The maximum atomic E-state index is 10.8. The molecule has 0 spiro atoms. The Morgan fingerprint density at radius 2 is 2.12 bits per heavy atom. The molecule has 0 bridgehead atoms. The number of aryl methyl sites for hydroxylation is 2. The van der Waals surface area contributed by atoms with Crippen molar-refractivity contribution in [1.82, 2.24) is 4.98 Å². The molecule has 2 aromatic rings. The molecule has 1 heterocycles. The van der Waals surface area contributed by atoms with Gasteiger partial charge in [0.2, 0.25) is 5.89 Å². The van der Waals surface area contributed by atoms with Gasteiger partial charge in [-0.05, 0) is 38.0 Å². The van der Waals surface area contributed by atoms with E-state index in [1.54, 1.807) is 6.92 Å². The van der Waals surface area contributed by atoms with Crippen LogP contribution in [-0.2, 0) is 4.79 Å². The minimum Gasteiger partial charge on any atom is -0.481 e. The largest absolute Gasteiger partial charge is 0.481 e. The van der Waals surface area contributed by atoms with E-state index in [-0.39, 0.29) is 5.89 Å². The number of aliphatic carboxylic acids is 1. The van der Waals surface area contributed by atoms with E-state index in [2.05, 4.69) is 4.98 Å². The first kappa shape index (κ1) is 10.7. The molecule has 0 radical (unpaired) electrons. The zero-order chi connectivity index (χ0) is 11.9. The van der Waals surface area contributed by atoms with E-state index < -0.39 is 11.9 Å². The second-order valence-corrected chi connectivity index (χ2v) is 4.04. The lowest BCUT2D eigenvalue weighted by Gasteiger charge is -1.98. The minimum atomic E-state index is -0.930. The molecule has 0 aliphatic rings. The molecule has 4 nitrogen and oxygen atoms in total. The number of oxazole rings is 1. The normalized spacial score (nSPS) is 12.9. The molecule has 2 rings (SSSR count). The van der Waals surface area contributed by atoms with Gasteiger partial charge in [-0.25, -0.2) is 4.98 Å². The fraction of sp³-hybridized carbons (Fsp3) is 0.333. The quantitative estimate of drug-likeness (QED) is 0.843. The van der Waals surface area contributed by atoms with Crippen LogP contribution in [0.2, 0.25) is 0 Å². The number of benzene rings is 1. The summed E-state index contributed by atoms with van der Waals surface area (Å²) >= 11 is 0. The summed E-state index contributed by atoms with van der Waals surface area (Å²) in [5, 5.41) is 8.88. The SMILES string of the molecule is Cc1cc(C)c2oc(C(C)C(=O)O)nc2c1. The van der Waals surface area contributed by atoms with Crippen LogP contribution in [-0.4, -0.2) is 16.1 Å². The van der Waals surface area contributed by atoms with Crippen molar-refractivity contribution in [2.75, 3.05) is 0 Å². The fourth-order valence-corrected chi connectivity index (χ4v) is 1.68. The Hall–Kier alpha value is -1.84. The van der Waals surface area contributed by atoms with Crippen LogP contribution in [0.4, 0.5) is 0 Å². The van der Waals surface area contributed by atoms with E-state index in [1.807, 2.05) is 26.0 Å². The van der Waals surface area contributed by atoms with Crippen molar-refractivity contribution < 1.29 is 14.3 Å². The maximum absolute atomic E-state index is 10.8. The molecule has 4 heteroatoms. The van der Waals surface area contributed by atoms with Crippen molar-refractivity contribution in [3.63, 3.8) is 0 Å². The maximum Gasteiger partial charge on any atom is 0.315 e. The van der Waals surface area contributed by atoms with Crippen molar-refractivity contribution in [3.05, 3.63) is 29.2 Å². The molecule has 0 fully saturated rings. The Labute approximate surface area is 92.9 Å². The van der Waals surface area contributed by atoms with Crippen LogP contribution >= 0.6 is 0 Å². The number of hydrogen-bond acceptors (Lipinski definition) is 3. The second kappa shape index (κ2) is 3.63. The number of carbonyl (C=O) groups is 1. The van der Waals surface area contributed by atoms with E-state index in [0.717, 1.165) is 16.6 Å². The Morgan fingerprint density at radius 3 is 2.75 bits per heavy atom. The highest BCUT2D eigenvalue weighted by Crippen LogP contribution is 2.25. The van der Waals surface area contributed by atoms with Gasteiger partial charge in [-0.1, -0.05) is 6.07 Å². The zero-order valence-electron chi connectivity index (χ0n) is 9.44. The van der Waals surface area contributed by atoms with Crippen LogP contribution < -0.4 is 0 Å². The molecular formula is C12H13NO3. The van der Waals surface area contributed by atoms with Crippen molar-refractivity contribution in [1.29, 1.82) is 0 Å².